The van der Waals surface area contributed by atoms with Crippen LogP contribution >= 0.6 is 15.9 Å². The molecule has 96 valence electrons. The molecular formula is C14H15BrO3. The van der Waals surface area contributed by atoms with Crippen LogP contribution in [-0.2, 0) is 20.7 Å². The smallest absolute Gasteiger partial charge is 0.316 e. The van der Waals surface area contributed by atoms with E-state index < -0.39 is 11.9 Å². The number of carbonyl (C=O) groups excluding carboxylic acids is 2. The number of ether oxygens (including phenoxy) is 1. The molecule has 4 heteroatoms. The van der Waals surface area contributed by atoms with E-state index in [0.29, 0.717) is 6.42 Å². The Hall–Kier alpha value is -1.16. The van der Waals surface area contributed by atoms with Crippen molar-refractivity contribution < 1.29 is 14.3 Å². The predicted octanol–water partition coefficient (Wildman–Crippen LogP) is 2.76. The van der Waals surface area contributed by atoms with Crippen molar-refractivity contribution in [3.63, 3.8) is 0 Å². The molecule has 0 aliphatic heterocycles. The van der Waals surface area contributed by atoms with Crippen LogP contribution in [0.3, 0.4) is 0 Å². The van der Waals surface area contributed by atoms with Crippen LogP contribution < -0.4 is 0 Å². The molecule has 0 bridgehead atoms. The lowest BCUT2D eigenvalue weighted by Crippen LogP contribution is -2.28. The lowest BCUT2D eigenvalue weighted by Gasteiger charge is -2.13. The van der Waals surface area contributed by atoms with E-state index in [1.165, 1.54) is 7.11 Å². The maximum atomic E-state index is 12.1. The van der Waals surface area contributed by atoms with Gasteiger partial charge in [-0.3, -0.25) is 9.59 Å². The fourth-order valence-corrected chi connectivity index (χ4v) is 2.22. The zero-order valence-corrected chi connectivity index (χ0v) is 11.8. The van der Waals surface area contributed by atoms with Crippen molar-refractivity contribution >= 4 is 27.7 Å². The minimum atomic E-state index is -0.649. The number of esters is 1. The van der Waals surface area contributed by atoms with Crippen molar-refractivity contribution in [3.8, 4) is 0 Å². The van der Waals surface area contributed by atoms with Gasteiger partial charge in [0.25, 0.3) is 0 Å². The van der Waals surface area contributed by atoms with Gasteiger partial charge in [-0.2, -0.15) is 0 Å². The van der Waals surface area contributed by atoms with Crippen LogP contribution in [0.1, 0.15) is 18.4 Å². The predicted molar refractivity (Wildman–Crippen MR) is 71.1 cm³/mol. The van der Waals surface area contributed by atoms with E-state index >= 15 is 0 Å². The molecule has 1 aromatic carbocycles. The van der Waals surface area contributed by atoms with Crippen molar-refractivity contribution in [2.24, 2.45) is 11.8 Å². The van der Waals surface area contributed by atoms with Crippen LogP contribution in [0, 0.1) is 11.8 Å². The Morgan fingerprint density at radius 3 is 2.44 bits per heavy atom. The van der Waals surface area contributed by atoms with Crippen molar-refractivity contribution in [2.45, 2.75) is 19.3 Å². The lowest BCUT2D eigenvalue weighted by molar-refractivity contribution is -0.149. The van der Waals surface area contributed by atoms with E-state index in [2.05, 4.69) is 15.9 Å². The van der Waals surface area contributed by atoms with Gasteiger partial charge in [0.15, 0.2) is 5.78 Å². The topological polar surface area (TPSA) is 43.4 Å². The fourth-order valence-electron chi connectivity index (χ4n) is 1.95. The van der Waals surface area contributed by atoms with Gasteiger partial charge in [0.2, 0.25) is 0 Å². The molecule has 1 unspecified atom stereocenters. The summed E-state index contributed by atoms with van der Waals surface area (Å²) in [6, 6.07) is 7.65. The normalized spacial score (nSPS) is 16.1. The monoisotopic (exact) mass is 310 g/mol. The van der Waals surface area contributed by atoms with Crippen LogP contribution in [0.15, 0.2) is 28.7 Å². The van der Waals surface area contributed by atoms with Gasteiger partial charge in [0.1, 0.15) is 5.92 Å². The third-order valence-electron chi connectivity index (χ3n) is 3.16. The Morgan fingerprint density at radius 2 is 1.94 bits per heavy atom. The third-order valence-corrected chi connectivity index (χ3v) is 3.69. The molecule has 0 amide bonds. The number of hydrogen-bond donors (Lipinski definition) is 0. The molecule has 1 aromatic rings. The zero-order valence-electron chi connectivity index (χ0n) is 10.2. The summed E-state index contributed by atoms with van der Waals surface area (Å²) in [5, 5.41) is 0. The molecule has 1 aliphatic carbocycles. The van der Waals surface area contributed by atoms with E-state index in [-0.39, 0.29) is 11.7 Å². The summed E-state index contributed by atoms with van der Waals surface area (Å²) in [5.74, 6) is -0.965. The van der Waals surface area contributed by atoms with Gasteiger partial charge >= 0.3 is 5.97 Å². The Balaban J connectivity index is 2.11. The molecule has 2 rings (SSSR count). The largest absolute Gasteiger partial charge is 0.468 e. The number of ketones is 1. The number of halogens is 1. The van der Waals surface area contributed by atoms with E-state index in [1.54, 1.807) is 0 Å². The van der Waals surface area contributed by atoms with Crippen LogP contribution in [0.25, 0.3) is 0 Å². The summed E-state index contributed by atoms with van der Waals surface area (Å²) in [5.41, 5.74) is 0.975. The minimum Gasteiger partial charge on any atom is -0.468 e. The van der Waals surface area contributed by atoms with Gasteiger partial charge < -0.3 is 4.74 Å². The summed E-state index contributed by atoms with van der Waals surface area (Å²) in [6.07, 6.45) is 2.24. The van der Waals surface area contributed by atoms with Gasteiger partial charge in [0.05, 0.1) is 7.11 Å². The number of methoxy groups -OCH3 is 1. The maximum Gasteiger partial charge on any atom is 0.316 e. The summed E-state index contributed by atoms with van der Waals surface area (Å²) < 4.78 is 5.72. The first kappa shape index (κ1) is 13.3. The van der Waals surface area contributed by atoms with E-state index in [9.17, 15) is 9.59 Å². The Bertz CT molecular complexity index is 449. The molecule has 18 heavy (non-hydrogen) atoms. The van der Waals surface area contributed by atoms with E-state index in [4.69, 9.17) is 4.74 Å². The molecule has 0 N–H and O–H groups in total. The molecule has 0 saturated heterocycles. The second kappa shape index (κ2) is 5.65. The van der Waals surface area contributed by atoms with Gasteiger partial charge in [-0.25, -0.2) is 0 Å². The van der Waals surface area contributed by atoms with Crippen LogP contribution in [0.5, 0.6) is 0 Å². The highest BCUT2D eigenvalue weighted by molar-refractivity contribution is 9.10. The zero-order chi connectivity index (χ0) is 13.1. The van der Waals surface area contributed by atoms with Crippen LogP contribution in [0.4, 0.5) is 0 Å². The minimum absolute atomic E-state index is 0.0322. The van der Waals surface area contributed by atoms with Crippen molar-refractivity contribution in [1.29, 1.82) is 0 Å². The Labute approximate surface area is 115 Å². The first-order valence-corrected chi connectivity index (χ1v) is 6.77. The van der Waals surface area contributed by atoms with Gasteiger partial charge in [-0.1, -0.05) is 28.1 Å². The Kier molecular flexibility index (Phi) is 4.17. The average molecular weight is 311 g/mol. The molecule has 1 aliphatic rings. The second-order valence-corrected chi connectivity index (χ2v) is 5.50. The molecule has 0 radical (unpaired) electrons. The molecule has 0 aromatic heterocycles. The van der Waals surface area contributed by atoms with Gasteiger partial charge in [-0.05, 0) is 37.0 Å². The second-order valence-electron chi connectivity index (χ2n) is 4.58. The number of hydrogen-bond acceptors (Lipinski definition) is 3. The number of carbonyl (C=O) groups is 2. The first-order valence-electron chi connectivity index (χ1n) is 5.98. The summed E-state index contributed by atoms with van der Waals surface area (Å²) in [4.78, 5) is 23.8. The number of benzene rings is 1. The molecule has 0 heterocycles. The molecule has 1 fully saturated rings. The first-order chi connectivity index (χ1) is 8.61. The van der Waals surface area contributed by atoms with Crippen molar-refractivity contribution in [2.75, 3.05) is 7.11 Å². The average Bonchev–Trinajstić information content (AvgIpc) is 3.20. The standard InChI is InChI=1S/C14H15BrO3/c1-18-14(17)12(13(16)10-4-5-10)8-9-2-6-11(15)7-3-9/h2-3,6-7,10,12H,4-5,8H2,1H3. The number of rotatable bonds is 5. The molecule has 1 atom stereocenters. The SMILES string of the molecule is COC(=O)C(Cc1ccc(Br)cc1)C(=O)C1CC1. The van der Waals surface area contributed by atoms with Crippen molar-refractivity contribution in [3.05, 3.63) is 34.3 Å². The van der Waals surface area contributed by atoms with Crippen LogP contribution in [-0.4, -0.2) is 18.9 Å². The van der Waals surface area contributed by atoms with Crippen molar-refractivity contribution in [1.82, 2.24) is 0 Å². The molecule has 3 nitrogen and oxygen atoms in total. The highest BCUT2D eigenvalue weighted by Crippen LogP contribution is 2.33. The highest BCUT2D eigenvalue weighted by Gasteiger charge is 2.38. The molecule has 1 saturated carbocycles. The van der Waals surface area contributed by atoms with Gasteiger partial charge in [0, 0.05) is 10.4 Å². The maximum absolute atomic E-state index is 12.1. The summed E-state index contributed by atoms with van der Waals surface area (Å²) >= 11 is 3.36. The summed E-state index contributed by atoms with van der Waals surface area (Å²) in [7, 11) is 1.33. The number of Topliss-reactive ketones (excluding diaryl/α,β-unsaturated/α-hetero) is 1. The highest BCUT2D eigenvalue weighted by atomic mass is 79.9. The van der Waals surface area contributed by atoms with Gasteiger partial charge in [-0.15, -0.1) is 0 Å². The fraction of sp³-hybridized carbons (Fsp3) is 0.429. The van der Waals surface area contributed by atoms with E-state index in [1.807, 2.05) is 24.3 Å². The van der Waals surface area contributed by atoms with E-state index in [0.717, 1.165) is 22.9 Å². The quantitative estimate of drug-likeness (QED) is 0.620. The lowest BCUT2D eigenvalue weighted by atomic mass is 9.93. The summed E-state index contributed by atoms with van der Waals surface area (Å²) in [6.45, 7) is 0. The molecular weight excluding hydrogens is 296 g/mol. The Morgan fingerprint density at radius 1 is 1.33 bits per heavy atom. The molecule has 0 spiro atoms. The third kappa shape index (κ3) is 3.19. The van der Waals surface area contributed by atoms with Crippen LogP contribution in [0.2, 0.25) is 0 Å².